The van der Waals surface area contributed by atoms with Crippen molar-refractivity contribution in [2.75, 3.05) is 24.5 Å². The minimum absolute atomic E-state index is 0.00103. The zero-order valence-corrected chi connectivity index (χ0v) is 17.3. The fourth-order valence-corrected chi connectivity index (χ4v) is 3.47. The molecule has 11 heteroatoms. The lowest BCUT2D eigenvalue weighted by molar-refractivity contribution is -0.384. The molecule has 3 aromatic rings. The van der Waals surface area contributed by atoms with Gasteiger partial charge < -0.3 is 15.5 Å². The standard InChI is InChI=1S/C21H21N7O4/c1-14-20(24-25-27(14)17-3-2-4-18(11-17)28(31)32)21(30)23-12-15-5-7-16(8-6-15)26-10-9-22-19(29)13-26/h2-8,11H,9-10,12-13H2,1H3,(H,22,29)(H,23,30). The number of carbonyl (C=O) groups is 2. The number of nitrogens with one attached hydrogen (secondary N) is 2. The molecule has 1 fully saturated rings. The molecular formula is C21H21N7O4. The van der Waals surface area contributed by atoms with Crippen molar-refractivity contribution in [3.63, 3.8) is 0 Å². The van der Waals surface area contributed by atoms with Gasteiger partial charge in [0, 0.05) is 37.5 Å². The van der Waals surface area contributed by atoms with Gasteiger partial charge in [0.15, 0.2) is 5.69 Å². The third kappa shape index (κ3) is 4.41. The van der Waals surface area contributed by atoms with Crippen molar-refractivity contribution in [2.24, 2.45) is 0 Å². The molecule has 0 unspecified atom stereocenters. The largest absolute Gasteiger partial charge is 0.360 e. The second-order valence-electron chi connectivity index (χ2n) is 7.33. The first-order valence-corrected chi connectivity index (χ1v) is 9.98. The van der Waals surface area contributed by atoms with E-state index < -0.39 is 10.8 Å². The Morgan fingerprint density at radius 2 is 2.00 bits per heavy atom. The Bertz CT molecular complexity index is 1170. The highest BCUT2D eigenvalue weighted by Gasteiger charge is 2.19. The molecule has 2 heterocycles. The van der Waals surface area contributed by atoms with Crippen LogP contribution >= 0.6 is 0 Å². The van der Waals surface area contributed by atoms with E-state index in [1.165, 1.54) is 16.8 Å². The van der Waals surface area contributed by atoms with Gasteiger partial charge in [-0.2, -0.15) is 0 Å². The molecule has 11 nitrogen and oxygen atoms in total. The lowest BCUT2D eigenvalue weighted by Crippen LogP contribution is -2.47. The highest BCUT2D eigenvalue weighted by Crippen LogP contribution is 2.19. The average molecular weight is 435 g/mol. The fraction of sp³-hybridized carbons (Fsp3) is 0.238. The summed E-state index contributed by atoms with van der Waals surface area (Å²) >= 11 is 0. The van der Waals surface area contributed by atoms with Gasteiger partial charge in [-0.15, -0.1) is 5.10 Å². The van der Waals surface area contributed by atoms with Crippen LogP contribution in [0.15, 0.2) is 48.5 Å². The van der Waals surface area contributed by atoms with Crippen molar-refractivity contribution >= 4 is 23.2 Å². The molecule has 2 aromatic carbocycles. The molecule has 0 aliphatic carbocycles. The van der Waals surface area contributed by atoms with Crippen LogP contribution in [0.5, 0.6) is 0 Å². The van der Waals surface area contributed by atoms with Gasteiger partial charge in [-0.25, -0.2) is 4.68 Å². The van der Waals surface area contributed by atoms with E-state index in [9.17, 15) is 19.7 Å². The number of nitro benzene ring substituents is 1. The number of aromatic nitrogens is 3. The van der Waals surface area contributed by atoms with Crippen molar-refractivity contribution in [3.8, 4) is 5.69 Å². The highest BCUT2D eigenvalue weighted by atomic mass is 16.6. The number of hydrogen-bond donors (Lipinski definition) is 2. The zero-order valence-electron chi connectivity index (χ0n) is 17.3. The van der Waals surface area contributed by atoms with Crippen molar-refractivity contribution in [1.29, 1.82) is 0 Å². The summed E-state index contributed by atoms with van der Waals surface area (Å²) in [5.41, 5.74) is 2.84. The van der Waals surface area contributed by atoms with Gasteiger partial charge in [-0.05, 0) is 30.7 Å². The highest BCUT2D eigenvalue weighted by molar-refractivity contribution is 5.93. The Kier molecular flexibility index (Phi) is 5.79. The minimum Gasteiger partial charge on any atom is -0.360 e. The van der Waals surface area contributed by atoms with Gasteiger partial charge in [0.1, 0.15) is 0 Å². The Labute approximate surface area is 183 Å². The monoisotopic (exact) mass is 435 g/mol. The molecule has 4 rings (SSSR count). The topological polar surface area (TPSA) is 135 Å². The first-order valence-electron chi connectivity index (χ1n) is 9.98. The molecule has 2 amide bonds. The Balaban J connectivity index is 1.41. The number of piperazine rings is 1. The Morgan fingerprint density at radius 3 is 2.72 bits per heavy atom. The first-order chi connectivity index (χ1) is 15.4. The molecule has 1 saturated heterocycles. The number of amides is 2. The normalized spacial score (nSPS) is 13.5. The number of carbonyl (C=O) groups excluding carboxylic acids is 2. The molecular weight excluding hydrogens is 414 g/mol. The lowest BCUT2D eigenvalue weighted by atomic mass is 10.1. The van der Waals surface area contributed by atoms with Crippen molar-refractivity contribution in [3.05, 3.63) is 75.6 Å². The maximum Gasteiger partial charge on any atom is 0.274 e. The molecule has 1 aliphatic rings. The fourth-order valence-electron chi connectivity index (χ4n) is 3.47. The molecule has 1 aromatic heterocycles. The van der Waals surface area contributed by atoms with Gasteiger partial charge >= 0.3 is 0 Å². The molecule has 32 heavy (non-hydrogen) atoms. The summed E-state index contributed by atoms with van der Waals surface area (Å²) in [7, 11) is 0. The summed E-state index contributed by atoms with van der Waals surface area (Å²) in [5, 5.41) is 24.5. The van der Waals surface area contributed by atoms with Crippen LogP contribution < -0.4 is 15.5 Å². The maximum atomic E-state index is 12.6. The molecule has 1 aliphatic heterocycles. The predicted octanol–water partition coefficient (Wildman–Crippen LogP) is 1.35. The van der Waals surface area contributed by atoms with Crippen LogP contribution in [-0.4, -0.2) is 51.4 Å². The van der Waals surface area contributed by atoms with Crippen LogP contribution in [0.1, 0.15) is 21.7 Å². The molecule has 0 bridgehead atoms. The summed E-state index contributed by atoms with van der Waals surface area (Å²) in [6.07, 6.45) is 0. The van der Waals surface area contributed by atoms with E-state index in [0.717, 1.165) is 17.8 Å². The second kappa shape index (κ2) is 8.84. The van der Waals surface area contributed by atoms with E-state index in [0.29, 0.717) is 31.0 Å². The third-order valence-corrected chi connectivity index (χ3v) is 5.19. The zero-order chi connectivity index (χ0) is 22.7. The quantitative estimate of drug-likeness (QED) is 0.441. The summed E-state index contributed by atoms with van der Waals surface area (Å²) in [5.74, 6) is -0.392. The number of nitro groups is 1. The number of hydrogen-bond acceptors (Lipinski definition) is 7. The number of benzene rings is 2. The SMILES string of the molecule is Cc1c(C(=O)NCc2ccc(N3CCNC(=O)C3)cc2)nnn1-c1cccc([N+](=O)[O-])c1. The number of rotatable bonds is 6. The van der Waals surface area contributed by atoms with Crippen LogP contribution in [0, 0.1) is 17.0 Å². The Morgan fingerprint density at radius 1 is 1.22 bits per heavy atom. The molecule has 2 N–H and O–H groups in total. The lowest BCUT2D eigenvalue weighted by Gasteiger charge is -2.28. The van der Waals surface area contributed by atoms with Crippen molar-refractivity contribution in [2.45, 2.75) is 13.5 Å². The molecule has 164 valence electrons. The Hall–Kier alpha value is -4.28. The van der Waals surface area contributed by atoms with E-state index in [1.54, 1.807) is 19.1 Å². The summed E-state index contributed by atoms with van der Waals surface area (Å²) < 4.78 is 1.39. The number of nitrogens with zero attached hydrogens (tertiary/aromatic N) is 5. The molecule has 0 spiro atoms. The smallest absolute Gasteiger partial charge is 0.274 e. The predicted molar refractivity (Wildman–Crippen MR) is 116 cm³/mol. The average Bonchev–Trinajstić information content (AvgIpc) is 3.19. The van der Waals surface area contributed by atoms with E-state index in [1.807, 2.05) is 29.2 Å². The second-order valence-corrected chi connectivity index (χ2v) is 7.33. The summed E-state index contributed by atoms with van der Waals surface area (Å²) in [4.78, 5) is 36.7. The van der Waals surface area contributed by atoms with Gasteiger partial charge in [0.2, 0.25) is 5.91 Å². The van der Waals surface area contributed by atoms with Gasteiger partial charge in [-0.3, -0.25) is 19.7 Å². The van der Waals surface area contributed by atoms with Gasteiger partial charge in [0.25, 0.3) is 11.6 Å². The van der Waals surface area contributed by atoms with Gasteiger partial charge in [-0.1, -0.05) is 23.4 Å². The third-order valence-electron chi connectivity index (χ3n) is 5.19. The summed E-state index contributed by atoms with van der Waals surface area (Å²) in [6.45, 7) is 3.67. The van der Waals surface area contributed by atoms with Gasteiger partial charge in [0.05, 0.1) is 22.8 Å². The minimum atomic E-state index is -0.491. The number of non-ortho nitro benzene ring substituents is 1. The maximum absolute atomic E-state index is 12.6. The molecule has 0 saturated carbocycles. The van der Waals surface area contributed by atoms with E-state index in [4.69, 9.17) is 0 Å². The molecule has 0 radical (unpaired) electrons. The van der Waals surface area contributed by atoms with Crippen molar-refractivity contribution in [1.82, 2.24) is 25.6 Å². The van der Waals surface area contributed by atoms with E-state index in [2.05, 4.69) is 20.9 Å². The van der Waals surface area contributed by atoms with Crippen LogP contribution in [-0.2, 0) is 11.3 Å². The van der Waals surface area contributed by atoms with Crippen molar-refractivity contribution < 1.29 is 14.5 Å². The van der Waals surface area contributed by atoms with E-state index in [-0.39, 0.29) is 17.3 Å². The van der Waals surface area contributed by atoms with Crippen LogP contribution in [0.2, 0.25) is 0 Å². The van der Waals surface area contributed by atoms with Crippen LogP contribution in [0.3, 0.4) is 0 Å². The number of anilines is 1. The van der Waals surface area contributed by atoms with E-state index >= 15 is 0 Å². The first kappa shape index (κ1) is 21.0. The van der Waals surface area contributed by atoms with Crippen LogP contribution in [0.25, 0.3) is 5.69 Å². The molecule has 0 atom stereocenters. The van der Waals surface area contributed by atoms with Crippen LogP contribution in [0.4, 0.5) is 11.4 Å². The summed E-state index contributed by atoms with van der Waals surface area (Å²) in [6, 6.07) is 13.6.